The fraction of sp³-hybridized carbons (Fsp3) is 0.469. The van der Waals surface area contributed by atoms with E-state index in [1.54, 1.807) is 4.90 Å². The Morgan fingerprint density at radius 1 is 0.909 bits per heavy atom. The second-order valence-corrected chi connectivity index (χ2v) is 11.3. The Bertz CT molecular complexity index is 1450. The summed E-state index contributed by atoms with van der Waals surface area (Å²) in [7, 11) is 1.53. The van der Waals surface area contributed by atoms with E-state index in [0.29, 0.717) is 37.8 Å². The second-order valence-electron chi connectivity index (χ2n) is 11.3. The van der Waals surface area contributed by atoms with Gasteiger partial charge in [-0.25, -0.2) is 4.79 Å². The highest BCUT2D eigenvalue weighted by Gasteiger charge is 2.38. The summed E-state index contributed by atoms with van der Waals surface area (Å²) in [5, 5.41) is 8.25. The number of aromatic amines is 1. The first-order chi connectivity index (χ1) is 20.9. The average molecular weight is 617 g/mol. The number of halogens is 3. The number of carbonyl (C=O) groups excluding carboxylic acids is 2. The third-order valence-electron chi connectivity index (χ3n) is 8.38. The summed E-state index contributed by atoms with van der Waals surface area (Å²) >= 11 is 0. The number of carboxylic acid groups (broad SMARTS) is 1. The summed E-state index contributed by atoms with van der Waals surface area (Å²) < 4.78 is 36.7. The second kappa shape index (κ2) is 14.3. The van der Waals surface area contributed by atoms with Crippen molar-refractivity contribution in [3.8, 4) is 0 Å². The topological polar surface area (TPSA) is 106 Å². The Morgan fingerprint density at radius 2 is 1.48 bits per heavy atom. The van der Waals surface area contributed by atoms with Crippen molar-refractivity contribution in [2.75, 3.05) is 53.0 Å². The minimum Gasteiger partial charge on any atom is -0.475 e. The summed E-state index contributed by atoms with van der Waals surface area (Å²) in [4.78, 5) is 44.3. The maximum absolute atomic E-state index is 13.7. The number of benzene rings is 2. The molecule has 238 valence electrons. The van der Waals surface area contributed by atoms with Crippen molar-refractivity contribution in [3.63, 3.8) is 0 Å². The highest BCUT2D eigenvalue weighted by atomic mass is 19.4. The van der Waals surface area contributed by atoms with Gasteiger partial charge in [0.05, 0.1) is 0 Å². The van der Waals surface area contributed by atoms with Crippen LogP contribution in [0.5, 0.6) is 0 Å². The van der Waals surface area contributed by atoms with Crippen LogP contribution in [0.25, 0.3) is 10.9 Å². The quantitative estimate of drug-likeness (QED) is 0.415. The molecule has 0 saturated carbocycles. The van der Waals surface area contributed by atoms with E-state index in [4.69, 9.17) is 14.6 Å². The number of piperidine rings is 1. The van der Waals surface area contributed by atoms with Crippen molar-refractivity contribution in [2.24, 2.45) is 0 Å². The van der Waals surface area contributed by atoms with Gasteiger partial charge in [0, 0.05) is 56.3 Å². The number of alkyl halides is 3. The molecule has 1 aromatic heterocycles. The Labute approximate surface area is 254 Å². The number of piperazine rings is 1. The van der Waals surface area contributed by atoms with E-state index in [9.17, 15) is 22.8 Å². The highest BCUT2D eigenvalue weighted by molar-refractivity contribution is 6.01. The predicted octanol–water partition coefficient (Wildman–Crippen LogP) is 4.73. The molecule has 2 N–H and O–H groups in total. The van der Waals surface area contributed by atoms with Crippen LogP contribution in [-0.2, 0) is 20.9 Å². The maximum atomic E-state index is 13.7. The number of likely N-dealkylation sites (tertiary alicyclic amines) is 1. The van der Waals surface area contributed by atoms with E-state index < -0.39 is 12.1 Å². The molecule has 0 unspecified atom stereocenters. The highest BCUT2D eigenvalue weighted by Crippen LogP contribution is 2.34. The fourth-order valence-corrected chi connectivity index (χ4v) is 6.15. The molecule has 2 fully saturated rings. The molecule has 9 nitrogen and oxygen atoms in total. The first-order valence-electron chi connectivity index (χ1n) is 14.6. The number of aliphatic carboxylic acids is 1. The number of aryl methyl sites for hydroxylation is 2. The van der Waals surface area contributed by atoms with Crippen molar-refractivity contribution in [1.29, 1.82) is 0 Å². The Morgan fingerprint density at radius 3 is 2.05 bits per heavy atom. The van der Waals surface area contributed by atoms with Crippen LogP contribution in [0, 0.1) is 13.8 Å². The van der Waals surface area contributed by atoms with Crippen LogP contribution in [-0.4, -0.2) is 102 Å². The molecule has 2 aliphatic heterocycles. The number of methoxy groups -OCH3 is 1. The predicted molar refractivity (Wildman–Crippen MR) is 160 cm³/mol. The third-order valence-corrected chi connectivity index (χ3v) is 8.38. The van der Waals surface area contributed by atoms with Gasteiger partial charge in [0.1, 0.15) is 12.3 Å². The third kappa shape index (κ3) is 7.78. The number of nitrogens with zero attached hydrogens (tertiary/aromatic N) is 3. The molecule has 0 atom stereocenters. The Hall–Kier alpha value is -3.90. The molecule has 0 spiro atoms. The number of nitrogens with one attached hydrogen (secondary N) is 1. The summed E-state index contributed by atoms with van der Waals surface area (Å²) in [6, 6.07) is 14.8. The molecular formula is C32H39F3N4O5. The van der Waals surface area contributed by atoms with Gasteiger partial charge in [-0.05, 0) is 68.5 Å². The van der Waals surface area contributed by atoms with Gasteiger partial charge in [-0.15, -0.1) is 0 Å². The number of hydrogen-bond donors (Lipinski definition) is 2. The number of carboxylic acids is 1. The van der Waals surface area contributed by atoms with Crippen LogP contribution >= 0.6 is 0 Å². The molecule has 2 aliphatic rings. The van der Waals surface area contributed by atoms with Crippen LogP contribution in [0.1, 0.15) is 51.5 Å². The number of para-hydroxylation sites is 1. The molecule has 0 bridgehead atoms. The number of fused-ring (bicyclic) bond motifs is 1. The van der Waals surface area contributed by atoms with Crippen molar-refractivity contribution < 1.29 is 37.4 Å². The molecule has 5 rings (SSSR count). The molecule has 2 aromatic carbocycles. The van der Waals surface area contributed by atoms with E-state index in [1.807, 2.05) is 23.1 Å². The van der Waals surface area contributed by atoms with Gasteiger partial charge in [-0.1, -0.05) is 36.4 Å². The summed E-state index contributed by atoms with van der Waals surface area (Å²) in [5.74, 6) is -2.16. The molecule has 0 aliphatic carbocycles. The number of hydrogen-bond acceptors (Lipinski definition) is 5. The van der Waals surface area contributed by atoms with Crippen LogP contribution in [0.2, 0.25) is 0 Å². The lowest BCUT2D eigenvalue weighted by Gasteiger charge is -2.35. The largest absolute Gasteiger partial charge is 0.490 e. The van der Waals surface area contributed by atoms with E-state index in [1.165, 1.54) is 23.8 Å². The molecule has 0 radical (unpaired) electrons. The summed E-state index contributed by atoms with van der Waals surface area (Å²) in [6.07, 6.45) is -2.82. The molecule has 44 heavy (non-hydrogen) atoms. The normalized spacial score (nSPS) is 16.5. The number of aromatic nitrogens is 1. The van der Waals surface area contributed by atoms with Gasteiger partial charge in [-0.2, -0.15) is 13.2 Å². The van der Waals surface area contributed by atoms with Gasteiger partial charge in [0.2, 0.25) is 5.91 Å². The van der Waals surface area contributed by atoms with Crippen molar-refractivity contribution >= 4 is 28.7 Å². The first-order valence-corrected chi connectivity index (χ1v) is 14.6. The molecule has 2 amide bonds. The van der Waals surface area contributed by atoms with Crippen molar-refractivity contribution in [2.45, 2.75) is 45.3 Å². The monoisotopic (exact) mass is 616 g/mol. The zero-order chi connectivity index (χ0) is 32.0. The van der Waals surface area contributed by atoms with E-state index in [2.05, 4.69) is 48.0 Å². The van der Waals surface area contributed by atoms with Crippen molar-refractivity contribution in [1.82, 2.24) is 19.7 Å². The number of carbonyl (C=O) groups is 3. The number of ether oxygens (including phenoxy) is 1. The van der Waals surface area contributed by atoms with Gasteiger partial charge in [-0.3, -0.25) is 14.5 Å². The van der Waals surface area contributed by atoms with Crippen LogP contribution in [0.4, 0.5) is 13.2 Å². The maximum Gasteiger partial charge on any atom is 0.490 e. The summed E-state index contributed by atoms with van der Waals surface area (Å²) in [6.45, 7) is 9.48. The lowest BCUT2D eigenvalue weighted by atomic mass is 9.84. The van der Waals surface area contributed by atoms with Crippen LogP contribution in [0.3, 0.4) is 0 Å². The first kappa shape index (κ1) is 33.0. The number of amides is 2. The minimum absolute atomic E-state index is 0.0230. The lowest BCUT2D eigenvalue weighted by molar-refractivity contribution is -0.192. The van der Waals surface area contributed by atoms with Gasteiger partial charge < -0.3 is 24.6 Å². The average Bonchev–Trinajstić information content (AvgIpc) is 3.35. The molecule has 2 saturated heterocycles. The van der Waals surface area contributed by atoms with Crippen molar-refractivity contribution in [3.05, 3.63) is 70.4 Å². The zero-order valence-corrected chi connectivity index (χ0v) is 25.2. The minimum atomic E-state index is -5.08. The fourth-order valence-electron chi connectivity index (χ4n) is 6.15. The zero-order valence-electron chi connectivity index (χ0n) is 25.2. The SMILES string of the molecule is COCC(=O)N1CCN(C(=O)c2[nH]c3ccccc3c2CN2CCC(c3c(C)cccc3C)CC2)CC1.O=C(O)C(F)(F)F. The molecule has 12 heteroatoms. The Balaban J connectivity index is 0.000000566. The van der Waals surface area contributed by atoms with Crippen LogP contribution < -0.4 is 0 Å². The van der Waals surface area contributed by atoms with Gasteiger partial charge in [0.15, 0.2) is 0 Å². The smallest absolute Gasteiger partial charge is 0.475 e. The van der Waals surface area contributed by atoms with Gasteiger partial charge >= 0.3 is 12.1 Å². The number of H-pyrrole nitrogens is 1. The molecule has 3 aromatic rings. The van der Waals surface area contributed by atoms with E-state index in [-0.39, 0.29) is 18.4 Å². The van der Waals surface area contributed by atoms with Crippen LogP contribution in [0.15, 0.2) is 42.5 Å². The van der Waals surface area contributed by atoms with E-state index in [0.717, 1.165) is 48.9 Å². The van der Waals surface area contributed by atoms with E-state index >= 15 is 0 Å². The lowest BCUT2D eigenvalue weighted by Crippen LogP contribution is -2.51. The summed E-state index contributed by atoms with van der Waals surface area (Å²) in [5.41, 5.74) is 7.09. The van der Waals surface area contributed by atoms with Gasteiger partial charge in [0.25, 0.3) is 5.91 Å². The number of rotatable bonds is 6. The molecule has 3 heterocycles. The standard InChI is InChI=1S/C30H38N4O3.C2HF3O2/c1-21-7-6-8-22(2)28(21)23-11-13-32(14-12-23)19-25-24-9-4-5-10-26(24)31-29(25)30(36)34-17-15-33(16-18-34)27(35)20-37-3;3-2(4,5)1(6)7/h4-10,23,31H,11-20H2,1-3H3;(H,6,7). The molecular weight excluding hydrogens is 577 g/mol. The Kier molecular flexibility index (Phi) is 10.7.